The highest BCUT2D eigenvalue weighted by atomic mass is 79.9. The van der Waals surface area contributed by atoms with E-state index in [0.717, 1.165) is 24.3 Å². The number of benzene rings is 2. The second-order valence-electron chi connectivity index (χ2n) is 4.15. The fourth-order valence-electron chi connectivity index (χ4n) is 1.71. The van der Waals surface area contributed by atoms with Crippen LogP contribution >= 0.6 is 27.5 Å². The lowest BCUT2D eigenvalue weighted by Gasteiger charge is -2.14. The molecule has 0 saturated carbocycles. The van der Waals surface area contributed by atoms with Gasteiger partial charge in [0, 0.05) is 11.1 Å². The van der Waals surface area contributed by atoms with Crippen molar-refractivity contribution in [1.82, 2.24) is 0 Å². The Bertz CT molecular complexity index is 830. The maximum atomic E-state index is 13.6. The summed E-state index contributed by atoms with van der Waals surface area (Å²) >= 11 is 8.96. The molecule has 0 saturated heterocycles. The van der Waals surface area contributed by atoms with Crippen LogP contribution in [0.4, 0.5) is 14.5 Å². The first-order chi connectivity index (χ1) is 10.2. The third-order valence-electron chi connectivity index (χ3n) is 2.64. The van der Waals surface area contributed by atoms with Crippen molar-refractivity contribution in [2.75, 3.05) is 11.8 Å². The van der Waals surface area contributed by atoms with Crippen LogP contribution in [0, 0.1) is 11.6 Å². The van der Waals surface area contributed by atoms with Gasteiger partial charge in [0.2, 0.25) is 0 Å². The summed E-state index contributed by atoms with van der Waals surface area (Å²) < 4.78 is 58.8. The normalized spacial score (nSPS) is 11.3. The van der Waals surface area contributed by atoms with Gasteiger partial charge in [-0.1, -0.05) is 11.6 Å². The Morgan fingerprint density at radius 3 is 2.55 bits per heavy atom. The first-order valence-electron chi connectivity index (χ1n) is 5.75. The fourth-order valence-corrected chi connectivity index (χ4v) is 4.15. The molecule has 2 aromatic carbocycles. The first-order valence-corrected chi connectivity index (χ1v) is 8.41. The molecule has 0 atom stereocenters. The molecule has 0 radical (unpaired) electrons. The lowest BCUT2D eigenvalue weighted by molar-refractivity contribution is 0.400. The predicted molar refractivity (Wildman–Crippen MR) is 82.9 cm³/mol. The maximum absolute atomic E-state index is 13.6. The van der Waals surface area contributed by atoms with Gasteiger partial charge in [-0.3, -0.25) is 4.72 Å². The molecule has 4 nitrogen and oxygen atoms in total. The molecule has 0 unspecified atom stereocenters. The van der Waals surface area contributed by atoms with Crippen LogP contribution in [-0.2, 0) is 10.0 Å². The molecule has 0 amide bonds. The molecule has 2 rings (SSSR count). The van der Waals surface area contributed by atoms with Crippen LogP contribution in [0.3, 0.4) is 0 Å². The van der Waals surface area contributed by atoms with E-state index in [1.54, 1.807) is 0 Å². The van der Waals surface area contributed by atoms with E-state index in [9.17, 15) is 17.2 Å². The minimum atomic E-state index is -4.24. The molecule has 2 aromatic rings. The van der Waals surface area contributed by atoms with Crippen LogP contribution in [0.15, 0.2) is 39.7 Å². The summed E-state index contributed by atoms with van der Waals surface area (Å²) in [6, 6.07) is 5.02. The van der Waals surface area contributed by atoms with Gasteiger partial charge in [-0.05, 0) is 40.2 Å². The Morgan fingerprint density at radius 2 is 1.91 bits per heavy atom. The van der Waals surface area contributed by atoms with Gasteiger partial charge in [-0.25, -0.2) is 17.2 Å². The molecule has 0 aliphatic carbocycles. The van der Waals surface area contributed by atoms with Gasteiger partial charge in [0.25, 0.3) is 10.0 Å². The Balaban J connectivity index is 2.54. The molecule has 22 heavy (non-hydrogen) atoms. The van der Waals surface area contributed by atoms with Crippen LogP contribution in [0.25, 0.3) is 0 Å². The lowest BCUT2D eigenvalue weighted by Crippen LogP contribution is -2.15. The van der Waals surface area contributed by atoms with E-state index < -0.39 is 27.3 Å². The van der Waals surface area contributed by atoms with Crippen molar-refractivity contribution in [3.63, 3.8) is 0 Å². The molecular weight excluding hydrogens is 404 g/mol. The van der Waals surface area contributed by atoms with Gasteiger partial charge >= 0.3 is 0 Å². The number of hydrogen-bond acceptors (Lipinski definition) is 3. The van der Waals surface area contributed by atoms with Crippen LogP contribution in [0.1, 0.15) is 0 Å². The molecule has 9 heteroatoms. The van der Waals surface area contributed by atoms with E-state index in [4.69, 9.17) is 16.3 Å². The molecule has 0 fully saturated rings. The number of anilines is 1. The van der Waals surface area contributed by atoms with Crippen molar-refractivity contribution in [2.24, 2.45) is 0 Å². The van der Waals surface area contributed by atoms with E-state index in [1.165, 1.54) is 13.2 Å². The van der Waals surface area contributed by atoms with Crippen molar-refractivity contribution >= 4 is 43.2 Å². The minimum absolute atomic E-state index is 0.00582. The third kappa shape index (κ3) is 3.50. The summed E-state index contributed by atoms with van der Waals surface area (Å²) in [5.41, 5.74) is -0.516. The van der Waals surface area contributed by atoms with Gasteiger partial charge < -0.3 is 4.74 Å². The monoisotopic (exact) mass is 411 g/mol. The molecule has 0 aromatic heterocycles. The van der Waals surface area contributed by atoms with Crippen molar-refractivity contribution in [1.29, 1.82) is 0 Å². The summed E-state index contributed by atoms with van der Waals surface area (Å²) in [5.74, 6) is -1.70. The summed E-state index contributed by atoms with van der Waals surface area (Å²) in [6.45, 7) is 0. The molecule has 0 spiro atoms. The summed E-state index contributed by atoms with van der Waals surface area (Å²) in [6.07, 6.45) is 0. The average molecular weight is 413 g/mol. The predicted octanol–water partition coefficient (Wildman–Crippen LogP) is 4.19. The number of methoxy groups -OCH3 is 1. The second-order valence-corrected chi connectivity index (χ2v) is 7.09. The Morgan fingerprint density at radius 1 is 1.23 bits per heavy atom. The zero-order chi connectivity index (χ0) is 16.5. The lowest BCUT2D eigenvalue weighted by atomic mass is 10.3. The second kappa shape index (κ2) is 6.39. The molecule has 0 aliphatic rings. The van der Waals surface area contributed by atoms with E-state index in [0.29, 0.717) is 4.47 Å². The van der Waals surface area contributed by atoms with Crippen LogP contribution in [-0.4, -0.2) is 15.5 Å². The van der Waals surface area contributed by atoms with Crippen molar-refractivity contribution in [3.05, 3.63) is 51.5 Å². The average Bonchev–Trinajstić information content (AvgIpc) is 2.42. The summed E-state index contributed by atoms with van der Waals surface area (Å²) in [7, 11) is -2.96. The quantitative estimate of drug-likeness (QED) is 0.819. The van der Waals surface area contributed by atoms with Gasteiger partial charge in [-0.15, -0.1) is 0 Å². The topological polar surface area (TPSA) is 55.4 Å². The van der Waals surface area contributed by atoms with Crippen LogP contribution in [0.2, 0.25) is 5.02 Å². The van der Waals surface area contributed by atoms with Gasteiger partial charge in [0.05, 0.1) is 17.3 Å². The zero-order valence-electron chi connectivity index (χ0n) is 11.0. The zero-order valence-corrected chi connectivity index (χ0v) is 14.2. The summed E-state index contributed by atoms with van der Waals surface area (Å²) in [4.78, 5) is -0.307. The highest BCUT2D eigenvalue weighted by molar-refractivity contribution is 9.10. The molecule has 0 aliphatic heterocycles. The SMILES string of the molecule is COc1c(Br)cc(Cl)cc1S(=O)(=O)Nc1cc(F)ccc1F. The molecular formula is C13H9BrClF2NO3S. The third-order valence-corrected chi connectivity index (χ3v) is 4.82. The van der Waals surface area contributed by atoms with Crippen molar-refractivity contribution in [3.8, 4) is 5.75 Å². The number of ether oxygens (including phenoxy) is 1. The number of hydrogen-bond donors (Lipinski definition) is 1. The Kier molecular flexibility index (Phi) is 4.93. The van der Waals surface area contributed by atoms with Crippen LogP contribution < -0.4 is 9.46 Å². The summed E-state index contributed by atoms with van der Waals surface area (Å²) in [5, 5.41) is 0.132. The molecule has 0 heterocycles. The number of nitrogens with one attached hydrogen (secondary N) is 1. The van der Waals surface area contributed by atoms with Crippen LogP contribution in [0.5, 0.6) is 5.75 Å². The van der Waals surface area contributed by atoms with Gasteiger partial charge in [-0.2, -0.15) is 0 Å². The van der Waals surface area contributed by atoms with Crippen molar-refractivity contribution < 1.29 is 21.9 Å². The number of sulfonamides is 1. The highest BCUT2D eigenvalue weighted by Crippen LogP contribution is 2.36. The van der Waals surface area contributed by atoms with Crippen molar-refractivity contribution in [2.45, 2.75) is 4.90 Å². The van der Waals surface area contributed by atoms with E-state index in [2.05, 4.69) is 15.9 Å². The number of rotatable bonds is 4. The minimum Gasteiger partial charge on any atom is -0.494 e. The smallest absolute Gasteiger partial charge is 0.265 e. The Labute approximate surface area is 139 Å². The van der Waals surface area contributed by atoms with E-state index >= 15 is 0 Å². The molecule has 1 N–H and O–H groups in total. The van der Waals surface area contributed by atoms with Gasteiger partial charge in [0.1, 0.15) is 16.5 Å². The van der Waals surface area contributed by atoms with E-state index in [1.807, 2.05) is 4.72 Å². The fraction of sp³-hybridized carbons (Fsp3) is 0.0769. The van der Waals surface area contributed by atoms with Gasteiger partial charge in [0.15, 0.2) is 5.75 Å². The largest absolute Gasteiger partial charge is 0.494 e. The standard InChI is InChI=1S/C13H9BrClF2NO3S/c1-21-13-9(14)4-7(15)5-12(13)22(19,20)18-11-6-8(16)2-3-10(11)17/h2-6,18H,1H3. The van der Waals surface area contributed by atoms with E-state index in [-0.39, 0.29) is 15.7 Å². The molecule has 118 valence electrons. The maximum Gasteiger partial charge on any atom is 0.265 e. The number of halogens is 4. The highest BCUT2D eigenvalue weighted by Gasteiger charge is 2.24. The molecule has 0 bridgehead atoms. The Hall–Kier alpha value is -1.38. The first kappa shape index (κ1) is 17.0.